The van der Waals surface area contributed by atoms with Gasteiger partial charge in [-0.15, -0.1) is 13.2 Å². The molecule has 0 aliphatic carbocycles. The number of amides is 1. The van der Waals surface area contributed by atoms with Crippen LogP contribution in [0.3, 0.4) is 0 Å². The van der Waals surface area contributed by atoms with E-state index in [9.17, 15) is 26.4 Å². The number of rotatable bonds is 8. The van der Waals surface area contributed by atoms with E-state index in [1.165, 1.54) is 35.8 Å². The number of aryl methyl sites for hydroxylation is 1. The molecule has 1 aliphatic heterocycles. The maximum Gasteiger partial charge on any atom is 0.573 e. The van der Waals surface area contributed by atoms with Gasteiger partial charge in [-0.3, -0.25) is 5.32 Å². The van der Waals surface area contributed by atoms with E-state index in [4.69, 9.17) is 0 Å². The molecular formula is C25H28F3N5O5S2. The number of methoxy groups -OCH3 is 1. The Kier molecular flexibility index (Phi) is 8.85. The number of thiazole rings is 1. The number of nitrogens with zero attached hydrogens (tertiary/aromatic N) is 3. The van der Waals surface area contributed by atoms with Gasteiger partial charge in [0.15, 0.2) is 9.34 Å². The van der Waals surface area contributed by atoms with Gasteiger partial charge in [0.05, 0.1) is 12.8 Å². The van der Waals surface area contributed by atoms with Crippen LogP contribution in [0, 0.1) is 6.92 Å². The van der Waals surface area contributed by atoms with E-state index < -0.39 is 22.5 Å². The van der Waals surface area contributed by atoms with Crippen molar-refractivity contribution < 1.29 is 35.9 Å². The van der Waals surface area contributed by atoms with Gasteiger partial charge < -0.3 is 14.8 Å². The minimum absolute atomic E-state index is 0.0792. The lowest BCUT2D eigenvalue weighted by molar-refractivity contribution is -0.274. The van der Waals surface area contributed by atoms with Crippen LogP contribution in [-0.2, 0) is 14.8 Å². The minimum Gasteiger partial charge on any atom is -0.453 e. The van der Waals surface area contributed by atoms with Gasteiger partial charge in [0.25, 0.3) is 10.0 Å². The number of carbonyl (C=O) groups excluding carboxylic acids is 1. The summed E-state index contributed by atoms with van der Waals surface area (Å²) in [6.07, 6.45) is -0.330. The van der Waals surface area contributed by atoms with Gasteiger partial charge in [-0.05, 0) is 45.2 Å². The molecule has 1 fully saturated rings. The minimum atomic E-state index is -4.80. The number of fused-ring (bicyclic) bond motifs is 1. The van der Waals surface area contributed by atoms with Gasteiger partial charge in [-0.2, -0.15) is 4.31 Å². The monoisotopic (exact) mass is 599 g/mol. The molecule has 0 radical (unpaired) electrons. The van der Waals surface area contributed by atoms with Crippen LogP contribution in [-0.4, -0.2) is 61.4 Å². The third-order valence-corrected chi connectivity index (χ3v) is 9.78. The summed E-state index contributed by atoms with van der Waals surface area (Å²) in [5.74, 6) is 0.148. The molecule has 4 rings (SSSR count). The van der Waals surface area contributed by atoms with Crippen molar-refractivity contribution in [3.8, 4) is 5.75 Å². The molecule has 2 aromatic heterocycles. The Labute approximate surface area is 233 Å². The molecule has 1 atom stereocenters. The molecular weight excluding hydrogens is 571 g/mol. The predicted octanol–water partition coefficient (Wildman–Crippen LogP) is 5.68. The highest BCUT2D eigenvalue weighted by Crippen LogP contribution is 2.34. The molecule has 1 aromatic carbocycles. The number of benzene rings is 1. The SMILES string of the molecule is COC(=O)Nc1nc(C)c(S(=O)(=O)N2CCC(=CC[C@H](C)Nc3nccc4c(OC(F)(F)F)cccc34)CC2)s1. The number of pyridine rings is 1. The summed E-state index contributed by atoms with van der Waals surface area (Å²) in [4.78, 5) is 19.9. The van der Waals surface area contributed by atoms with Crippen molar-refractivity contribution in [3.63, 3.8) is 0 Å². The van der Waals surface area contributed by atoms with E-state index in [-0.39, 0.29) is 21.1 Å². The average molecular weight is 600 g/mol. The lowest BCUT2D eigenvalue weighted by Gasteiger charge is -2.27. The van der Waals surface area contributed by atoms with E-state index in [2.05, 4.69) is 36.2 Å². The van der Waals surface area contributed by atoms with E-state index in [1.807, 2.05) is 6.92 Å². The summed E-state index contributed by atoms with van der Waals surface area (Å²) in [5.41, 5.74) is 1.41. The highest BCUT2D eigenvalue weighted by Gasteiger charge is 2.33. The molecule has 0 unspecified atom stereocenters. The molecule has 1 amide bonds. The molecule has 0 saturated carbocycles. The first kappa shape index (κ1) is 29.6. The van der Waals surface area contributed by atoms with E-state index in [1.54, 1.807) is 13.0 Å². The average Bonchev–Trinajstić information content (AvgIpc) is 3.27. The first-order valence-electron chi connectivity index (χ1n) is 12.3. The fraction of sp³-hybridized carbons (Fsp3) is 0.400. The summed E-state index contributed by atoms with van der Waals surface area (Å²) >= 11 is 0.879. The Morgan fingerprint density at radius 2 is 1.95 bits per heavy atom. The maximum absolute atomic E-state index is 13.2. The van der Waals surface area contributed by atoms with E-state index in [0.717, 1.165) is 16.9 Å². The topological polar surface area (TPSA) is 123 Å². The number of aromatic nitrogens is 2. The van der Waals surface area contributed by atoms with Crippen molar-refractivity contribution in [1.29, 1.82) is 0 Å². The molecule has 15 heteroatoms. The first-order valence-corrected chi connectivity index (χ1v) is 14.5. The van der Waals surface area contributed by atoms with E-state index in [0.29, 0.717) is 54.6 Å². The van der Waals surface area contributed by atoms with Gasteiger partial charge in [0, 0.05) is 36.1 Å². The van der Waals surface area contributed by atoms with Gasteiger partial charge in [-0.1, -0.05) is 35.1 Å². The third kappa shape index (κ3) is 7.01. The van der Waals surface area contributed by atoms with Crippen molar-refractivity contribution in [1.82, 2.24) is 14.3 Å². The summed E-state index contributed by atoms with van der Waals surface area (Å²) in [5, 5.41) is 6.59. The lowest BCUT2D eigenvalue weighted by atomic mass is 10.0. The van der Waals surface area contributed by atoms with Crippen LogP contribution in [0.2, 0.25) is 0 Å². The normalized spacial score (nSPS) is 15.5. The zero-order chi connectivity index (χ0) is 29.1. The van der Waals surface area contributed by atoms with Crippen LogP contribution >= 0.6 is 11.3 Å². The number of anilines is 2. The Hall–Kier alpha value is -3.43. The fourth-order valence-corrected chi connectivity index (χ4v) is 7.27. The summed E-state index contributed by atoms with van der Waals surface area (Å²) < 4.78 is 75.0. The first-order chi connectivity index (χ1) is 18.9. The van der Waals surface area contributed by atoms with Crippen molar-refractivity contribution in [2.45, 2.75) is 49.7 Å². The predicted molar refractivity (Wildman–Crippen MR) is 145 cm³/mol. The second-order valence-corrected chi connectivity index (χ2v) is 12.2. The van der Waals surface area contributed by atoms with Gasteiger partial charge in [0.2, 0.25) is 0 Å². The molecule has 10 nitrogen and oxygen atoms in total. The smallest absolute Gasteiger partial charge is 0.453 e. The largest absolute Gasteiger partial charge is 0.573 e. The van der Waals surface area contributed by atoms with E-state index >= 15 is 0 Å². The van der Waals surface area contributed by atoms with Gasteiger partial charge >= 0.3 is 12.5 Å². The number of hydrogen-bond acceptors (Lipinski definition) is 9. The van der Waals surface area contributed by atoms with Crippen LogP contribution in [0.5, 0.6) is 5.75 Å². The standard InChI is InChI=1S/C25H28F3N5O5S2/c1-15(30-21-19-5-4-6-20(38-25(26,27)28)18(19)9-12-29-21)7-8-17-10-13-33(14-11-17)40(35,36)22-16(2)31-23(39-22)32-24(34)37-3/h4-6,8-9,12,15H,7,10-11,13-14H2,1-3H3,(H,29,30)(H,31,32,34)/t15-/m0/s1. The Bertz CT molecular complexity index is 1510. The third-order valence-electron chi connectivity index (χ3n) is 6.22. The summed E-state index contributed by atoms with van der Waals surface area (Å²) in [6.45, 7) is 4.12. The van der Waals surface area contributed by atoms with Crippen LogP contribution < -0.4 is 15.4 Å². The zero-order valence-electron chi connectivity index (χ0n) is 21.9. The summed E-state index contributed by atoms with van der Waals surface area (Å²) in [6, 6.07) is 5.79. The molecule has 216 valence electrons. The molecule has 2 N–H and O–H groups in total. The number of sulfonamides is 1. The Balaban J connectivity index is 1.37. The van der Waals surface area contributed by atoms with Crippen LogP contribution in [0.1, 0.15) is 31.9 Å². The number of piperidine rings is 1. The Morgan fingerprint density at radius 3 is 2.62 bits per heavy atom. The summed E-state index contributed by atoms with van der Waals surface area (Å²) in [7, 11) is -2.57. The highest BCUT2D eigenvalue weighted by atomic mass is 32.2. The highest BCUT2D eigenvalue weighted by molar-refractivity contribution is 7.91. The second-order valence-electron chi connectivity index (χ2n) is 9.11. The van der Waals surface area contributed by atoms with Crippen LogP contribution in [0.15, 0.2) is 46.3 Å². The number of nitrogens with one attached hydrogen (secondary N) is 2. The number of alkyl halides is 3. The molecule has 0 spiro atoms. The number of halogens is 3. The van der Waals surface area contributed by atoms with Crippen molar-refractivity contribution in [2.75, 3.05) is 30.8 Å². The molecule has 0 bridgehead atoms. The van der Waals surface area contributed by atoms with Crippen molar-refractivity contribution >= 4 is 49.2 Å². The lowest BCUT2D eigenvalue weighted by Crippen LogP contribution is -2.36. The molecule has 3 aromatic rings. The molecule has 40 heavy (non-hydrogen) atoms. The quantitative estimate of drug-likeness (QED) is 0.317. The van der Waals surface area contributed by atoms with Crippen LogP contribution in [0.4, 0.5) is 28.9 Å². The van der Waals surface area contributed by atoms with Crippen molar-refractivity contribution in [2.24, 2.45) is 0 Å². The van der Waals surface area contributed by atoms with Crippen molar-refractivity contribution in [3.05, 3.63) is 47.8 Å². The molecule has 1 saturated heterocycles. The number of hydrogen-bond donors (Lipinski definition) is 2. The fourth-order valence-electron chi connectivity index (χ4n) is 4.29. The van der Waals surface area contributed by atoms with Crippen LogP contribution in [0.25, 0.3) is 10.8 Å². The molecule has 3 heterocycles. The number of carbonyl (C=O) groups is 1. The zero-order valence-corrected chi connectivity index (χ0v) is 23.5. The second kappa shape index (κ2) is 12.0. The van der Waals surface area contributed by atoms with Gasteiger partial charge in [0.1, 0.15) is 11.6 Å². The Morgan fingerprint density at radius 1 is 1.23 bits per heavy atom. The number of ether oxygens (including phenoxy) is 2. The molecule has 1 aliphatic rings. The maximum atomic E-state index is 13.2. The van der Waals surface area contributed by atoms with Gasteiger partial charge in [-0.25, -0.2) is 23.2 Å².